The van der Waals surface area contributed by atoms with Gasteiger partial charge >= 0.3 is 6.03 Å². The van der Waals surface area contributed by atoms with Crippen LogP contribution in [0, 0.1) is 0 Å². The number of hydrogen-bond donors (Lipinski definition) is 2. The molecule has 1 aliphatic rings. The molecule has 0 aromatic carbocycles. The maximum Gasteiger partial charge on any atom is 0.317 e. The van der Waals surface area contributed by atoms with E-state index >= 15 is 0 Å². The van der Waals surface area contributed by atoms with Gasteiger partial charge in [0.05, 0.1) is 19.2 Å². The van der Waals surface area contributed by atoms with Crippen molar-refractivity contribution in [1.82, 2.24) is 15.2 Å². The van der Waals surface area contributed by atoms with Gasteiger partial charge in [0.15, 0.2) is 0 Å². The molecule has 2 heterocycles. The number of amides is 2. The predicted molar refractivity (Wildman–Crippen MR) is 68.5 cm³/mol. The lowest BCUT2D eigenvalue weighted by Gasteiger charge is -2.22. The quantitative estimate of drug-likeness (QED) is 0.868. The summed E-state index contributed by atoms with van der Waals surface area (Å²) in [5.41, 5.74) is 0.818. The molecule has 110 valence electrons. The number of hydrogen-bond acceptors (Lipinski definition) is 3. The number of rotatable bonds is 4. The van der Waals surface area contributed by atoms with Crippen LogP contribution in [0.15, 0.2) is 24.4 Å². The summed E-state index contributed by atoms with van der Waals surface area (Å²) in [6, 6.07) is 4.07. The van der Waals surface area contributed by atoms with Crippen molar-refractivity contribution in [3.8, 4) is 0 Å². The Morgan fingerprint density at radius 3 is 3.00 bits per heavy atom. The Hall–Kier alpha value is -1.76. The fraction of sp³-hybridized carbons (Fsp3) is 0.538. The summed E-state index contributed by atoms with van der Waals surface area (Å²) in [4.78, 5) is 16.9. The standard InChI is InChI=1S/C13H17F2N3O2/c14-13(15)7-11(8-19)18(9-13)12(20)17-6-4-10-3-1-2-5-16-10/h1-3,5,11,19H,4,6-9H2,(H,17,20). The van der Waals surface area contributed by atoms with E-state index in [1.54, 1.807) is 12.3 Å². The van der Waals surface area contributed by atoms with Crippen LogP contribution >= 0.6 is 0 Å². The summed E-state index contributed by atoms with van der Waals surface area (Å²) in [5, 5.41) is 11.6. The molecular formula is C13H17F2N3O2. The van der Waals surface area contributed by atoms with Crippen molar-refractivity contribution < 1.29 is 18.7 Å². The highest BCUT2D eigenvalue weighted by Crippen LogP contribution is 2.31. The monoisotopic (exact) mass is 285 g/mol. The number of carbonyl (C=O) groups excluding carboxylic acids is 1. The highest BCUT2D eigenvalue weighted by atomic mass is 19.3. The molecule has 20 heavy (non-hydrogen) atoms. The molecule has 5 nitrogen and oxygen atoms in total. The first-order valence-corrected chi connectivity index (χ1v) is 6.45. The lowest BCUT2D eigenvalue weighted by atomic mass is 10.2. The van der Waals surface area contributed by atoms with Crippen molar-refractivity contribution in [3.63, 3.8) is 0 Å². The fourth-order valence-electron chi connectivity index (χ4n) is 2.24. The summed E-state index contributed by atoms with van der Waals surface area (Å²) in [7, 11) is 0. The summed E-state index contributed by atoms with van der Waals surface area (Å²) in [5.74, 6) is -2.92. The van der Waals surface area contributed by atoms with Gasteiger partial charge in [0.25, 0.3) is 5.92 Å². The van der Waals surface area contributed by atoms with Crippen molar-refractivity contribution in [2.75, 3.05) is 19.7 Å². The highest BCUT2D eigenvalue weighted by Gasteiger charge is 2.46. The molecule has 0 spiro atoms. The lowest BCUT2D eigenvalue weighted by molar-refractivity contribution is 0.0141. The maximum atomic E-state index is 13.2. The van der Waals surface area contributed by atoms with Crippen LogP contribution in [-0.2, 0) is 6.42 Å². The Kier molecular flexibility index (Phi) is 4.49. The number of aromatic nitrogens is 1. The first-order valence-electron chi connectivity index (χ1n) is 6.45. The van der Waals surface area contributed by atoms with Crippen molar-refractivity contribution in [3.05, 3.63) is 30.1 Å². The number of halogens is 2. The van der Waals surface area contributed by atoms with E-state index in [0.29, 0.717) is 13.0 Å². The molecule has 1 aromatic heterocycles. The topological polar surface area (TPSA) is 65.5 Å². The number of urea groups is 1. The largest absolute Gasteiger partial charge is 0.394 e. The van der Waals surface area contributed by atoms with Gasteiger partial charge in [-0.25, -0.2) is 13.6 Å². The van der Waals surface area contributed by atoms with Gasteiger partial charge in [-0.2, -0.15) is 0 Å². The Balaban J connectivity index is 1.83. The van der Waals surface area contributed by atoms with E-state index in [1.807, 2.05) is 12.1 Å². The van der Waals surface area contributed by atoms with Crippen LogP contribution in [0.1, 0.15) is 12.1 Å². The molecular weight excluding hydrogens is 268 g/mol. The van der Waals surface area contributed by atoms with Crippen molar-refractivity contribution in [1.29, 1.82) is 0 Å². The Labute approximate surface area is 115 Å². The number of aliphatic hydroxyl groups is 1. The zero-order valence-corrected chi connectivity index (χ0v) is 10.9. The minimum atomic E-state index is -2.92. The van der Waals surface area contributed by atoms with Crippen LogP contribution < -0.4 is 5.32 Å². The predicted octanol–water partition coefficient (Wildman–Crippen LogP) is 1.04. The Bertz CT molecular complexity index is 456. The van der Waals surface area contributed by atoms with Gasteiger partial charge in [-0.05, 0) is 12.1 Å². The summed E-state index contributed by atoms with van der Waals surface area (Å²) in [6.45, 7) is -0.785. The summed E-state index contributed by atoms with van der Waals surface area (Å²) < 4.78 is 26.5. The number of carbonyl (C=O) groups is 1. The van der Waals surface area contributed by atoms with Crippen molar-refractivity contribution in [2.24, 2.45) is 0 Å². The van der Waals surface area contributed by atoms with Gasteiger partial charge < -0.3 is 15.3 Å². The van der Waals surface area contributed by atoms with Gasteiger partial charge in [-0.3, -0.25) is 4.98 Å². The molecule has 2 rings (SSSR count). The van der Waals surface area contributed by atoms with Crippen LogP contribution in [0.2, 0.25) is 0 Å². The second-order valence-electron chi connectivity index (χ2n) is 4.83. The normalized spacial score (nSPS) is 20.9. The number of nitrogens with one attached hydrogen (secondary N) is 1. The number of aliphatic hydroxyl groups excluding tert-OH is 1. The Morgan fingerprint density at radius 1 is 1.55 bits per heavy atom. The summed E-state index contributed by atoms with van der Waals surface area (Å²) in [6.07, 6.45) is 1.69. The van der Waals surface area contributed by atoms with Crippen LogP contribution in [0.25, 0.3) is 0 Å². The summed E-state index contributed by atoms with van der Waals surface area (Å²) >= 11 is 0. The van der Waals surface area contributed by atoms with E-state index in [2.05, 4.69) is 10.3 Å². The molecule has 0 bridgehead atoms. The molecule has 0 saturated carbocycles. The first-order chi connectivity index (χ1) is 9.52. The SMILES string of the molecule is O=C(NCCc1ccccn1)N1CC(F)(F)CC1CO. The molecule has 1 unspecified atom stereocenters. The van der Waals surface area contributed by atoms with Gasteiger partial charge in [-0.1, -0.05) is 6.07 Å². The average Bonchev–Trinajstić information content (AvgIpc) is 2.75. The maximum absolute atomic E-state index is 13.2. The van der Waals surface area contributed by atoms with Gasteiger partial charge in [0.2, 0.25) is 0 Å². The Morgan fingerprint density at radius 2 is 2.35 bits per heavy atom. The van der Waals surface area contributed by atoms with E-state index in [-0.39, 0.29) is 0 Å². The zero-order valence-electron chi connectivity index (χ0n) is 10.9. The molecule has 2 amide bonds. The number of pyridine rings is 1. The molecule has 1 saturated heterocycles. The molecule has 0 radical (unpaired) electrons. The third-order valence-corrected chi connectivity index (χ3v) is 3.23. The number of likely N-dealkylation sites (tertiary alicyclic amines) is 1. The molecule has 0 aliphatic carbocycles. The van der Waals surface area contributed by atoms with E-state index in [4.69, 9.17) is 5.11 Å². The molecule has 7 heteroatoms. The van der Waals surface area contributed by atoms with Gasteiger partial charge in [0, 0.05) is 31.3 Å². The minimum Gasteiger partial charge on any atom is -0.394 e. The van der Waals surface area contributed by atoms with Crippen LogP contribution in [0.4, 0.5) is 13.6 Å². The van der Waals surface area contributed by atoms with Crippen molar-refractivity contribution in [2.45, 2.75) is 24.8 Å². The first kappa shape index (κ1) is 14.6. The molecule has 1 atom stereocenters. The van der Waals surface area contributed by atoms with Crippen molar-refractivity contribution >= 4 is 6.03 Å². The van der Waals surface area contributed by atoms with Crippen LogP contribution in [-0.4, -0.2) is 52.7 Å². The molecule has 1 aromatic rings. The fourth-order valence-corrected chi connectivity index (χ4v) is 2.24. The van der Waals surface area contributed by atoms with Crippen LogP contribution in [0.3, 0.4) is 0 Å². The second kappa shape index (κ2) is 6.13. The van der Waals surface area contributed by atoms with E-state index in [0.717, 1.165) is 10.6 Å². The van der Waals surface area contributed by atoms with E-state index in [9.17, 15) is 13.6 Å². The molecule has 1 fully saturated rings. The number of nitrogens with zero attached hydrogens (tertiary/aromatic N) is 2. The molecule has 2 N–H and O–H groups in total. The minimum absolute atomic E-state index is 0.316. The average molecular weight is 285 g/mol. The smallest absolute Gasteiger partial charge is 0.317 e. The van der Waals surface area contributed by atoms with Gasteiger partial charge in [0.1, 0.15) is 0 Å². The van der Waals surface area contributed by atoms with Gasteiger partial charge in [-0.15, -0.1) is 0 Å². The lowest BCUT2D eigenvalue weighted by Crippen LogP contribution is -2.45. The zero-order chi connectivity index (χ0) is 14.6. The van der Waals surface area contributed by atoms with E-state index in [1.165, 1.54) is 0 Å². The third-order valence-electron chi connectivity index (χ3n) is 3.23. The van der Waals surface area contributed by atoms with E-state index < -0.39 is 37.6 Å². The number of alkyl halides is 2. The van der Waals surface area contributed by atoms with Crippen LogP contribution in [0.5, 0.6) is 0 Å². The third kappa shape index (κ3) is 3.63. The highest BCUT2D eigenvalue weighted by molar-refractivity contribution is 5.75. The molecule has 1 aliphatic heterocycles. The second-order valence-corrected chi connectivity index (χ2v) is 4.83.